The monoisotopic (exact) mass is 370 g/mol. The van der Waals surface area contributed by atoms with Crippen LogP contribution in [0.5, 0.6) is 0 Å². The molecule has 7 heteroatoms. The molecular weight excluding hydrogens is 348 g/mol. The van der Waals surface area contributed by atoms with E-state index in [2.05, 4.69) is 39.4 Å². The summed E-state index contributed by atoms with van der Waals surface area (Å²) < 4.78 is 0. The van der Waals surface area contributed by atoms with Crippen molar-refractivity contribution in [1.82, 2.24) is 9.88 Å². The van der Waals surface area contributed by atoms with E-state index in [9.17, 15) is 4.79 Å². The predicted octanol–water partition coefficient (Wildman–Crippen LogP) is 3.12. The molecule has 4 rings (SSSR count). The number of aromatic nitrogens is 1. The van der Waals surface area contributed by atoms with Gasteiger partial charge >= 0.3 is 0 Å². The quantitative estimate of drug-likeness (QED) is 0.898. The van der Waals surface area contributed by atoms with Crippen LogP contribution < -0.4 is 5.32 Å². The first-order chi connectivity index (χ1) is 12.5. The first-order valence-corrected chi connectivity index (χ1v) is 9.60. The number of hydrogen-bond acceptors (Lipinski definition) is 6. The molecule has 0 aliphatic carbocycles. The van der Waals surface area contributed by atoms with Crippen molar-refractivity contribution in [3.8, 4) is 0 Å². The van der Waals surface area contributed by atoms with Crippen LogP contribution in [-0.4, -0.2) is 40.2 Å². The Bertz CT molecular complexity index is 863. The van der Waals surface area contributed by atoms with E-state index in [-0.39, 0.29) is 11.5 Å². The molecule has 136 valence electrons. The van der Waals surface area contributed by atoms with E-state index >= 15 is 0 Å². The smallest absolute Gasteiger partial charge is 0.273 e. The first-order valence-electron chi connectivity index (χ1n) is 8.79. The van der Waals surface area contributed by atoms with Crippen LogP contribution in [0.2, 0.25) is 0 Å². The summed E-state index contributed by atoms with van der Waals surface area (Å²) >= 11 is 1.83. The van der Waals surface area contributed by atoms with E-state index in [0.29, 0.717) is 17.8 Å². The molecule has 4 heterocycles. The molecule has 6 nitrogen and oxygen atoms in total. The molecule has 0 unspecified atom stereocenters. The highest BCUT2D eigenvalue weighted by atomic mass is 32.1. The maximum Gasteiger partial charge on any atom is 0.273 e. The largest absolute Gasteiger partial charge is 0.387 e. The predicted molar refractivity (Wildman–Crippen MR) is 102 cm³/mol. The van der Waals surface area contributed by atoms with Crippen molar-refractivity contribution < 1.29 is 9.63 Å². The van der Waals surface area contributed by atoms with E-state index < -0.39 is 0 Å². The second-order valence-corrected chi connectivity index (χ2v) is 8.43. The molecule has 26 heavy (non-hydrogen) atoms. The van der Waals surface area contributed by atoms with Crippen LogP contribution in [0, 0.1) is 13.8 Å². The third kappa shape index (κ3) is 3.50. The van der Waals surface area contributed by atoms with Crippen LogP contribution in [0.15, 0.2) is 35.6 Å². The molecule has 0 aromatic carbocycles. The van der Waals surface area contributed by atoms with Gasteiger partial charge in [-0.1, -0.05) is 5.16 Å². The fourth-order valence-corrected chi connectivity index (χ4v) is 4.46. The third-order valence-corrected chi connectivity index (χ3v) is 5.91. The number of carbonyl (C=O) groups is 1. The molecule has 1 N–H and O–H groups in total. The summed E-state index contributed by atoms with van der Waals surface area (Å²) in [4.78, 5) is 27.5. The van der Waals surface area contributed by atoms with Crippen LogP contribution in [-0.2, 0) is 16.2 Å². The van der Waals surface area contributed by atoms with Crippen molar-refractivity contribution in [1.29, 1.82) is 0 Å². The van der Waals surface area contributed by atoms with E-state index in [0.717, 1.165) is 31.7 Å². The van der Waals surface area contributed by atoms with Gasteiger partial charge < -0.3 is 10.2 Å². The van der Waals surface area contributed by atoms with Gasteiger partial charge in [0.25, 0.3) is 5.91 Å². The molecule has 0 saturated carbocycles. The minimum atomic E-state index is -0.358. The lowest BCUT2D eigenvalue weighted by molar-refractivity contribution is -0.110. The van der Waals surface area contributed by atoms with E-state index in [4.69, 9.17) is 4.84 Å². The highest BCUT2D eigenvalue weighted by Gasteiger charge is 2.46. The zero-order valence-corrected chi connectivity index (χ0v) is 15.8. The minimum absolute atomic E-state index is 0.203. The van der Waals surface area contributed by atoms with Gasteiger partial charge in [0.1, 0.15) is 5.71 Å². The minimum Gasteiger partial charge on any atom is -0.387 e. The Kier molecular flexibility index (Phi) is 4.50. The Morgan fingerprint density at radius 2 is 2.27 bits per heavy atom. The van der Waals surface area contributed by atoms with Gasteiger partial charge in [-0.3, -0.25) is 14.7 Å². The number of hydrogen-bond donors (Lipinski definition) is 1. The second-order valence-electron chi connectivity index (χ2n) is 7.05. The summed E-state index contributed by atoms with van der Waals surface area (Å²) in [5.74, 6) is -0.203. The number of carbonyl (C=O) groups excluding carboxylic acids is 1. The maximum atomic E-state index is 12.5. The molecule has 1 saturated heterocycles. The summed E-state index contributed by atoms with van der Waals surface area (Å²) in [6.45, 7) is 6.69. The molecule has 0 bridgehead atoms. The van der Waals surface area contributed by atoms with Crippen LogP contribution >= 0.6 is 11.3 Å². The van der Waals surface area contributed by atoms with E-state index in [1.165, 1.54) is 9.75 Å². The van der Waals surface area contributed by atoms with Crippen molar-refractivity contribution in [3.63, 3.8) is 0 Å². The summed E-state index contributed by atoms with van der Waals surface area (Å²) in [5.41, 5.74) is 1.60. The van der Waals surface area contributed by atoms with Gasteiger partial charge in [0.05, 0.1) is 11.4 Å². The number of nitrogens with zero attached hydrogens (tertiary/aromatic N) is 3. The highest BCUT2D eigenvalue weighted by molar-refractivity contribution is 7.11. The number of nitrogens with one attached hydrogen (secondary N) is 1. The van der Waals surface area contributed by atoms with Crippen molar-refractivity contribution in [3.05, 3.63) is 45.9 Å². The molecule has 2 aromatic rings. The lowest BCUT2D eigenvalue weighted by atomic mass is 9.96. The Labute approximate surface area is 156 Å². The van der Waals surface area contributed by atoms with E-state index in [1.807, 2.05) is 24.3 Å². The summed E-state index contributed by atoms with van der Waals surface area (Å²) in [6, 6.07) is 7.99. The van der Waals surface area contributed by atoms with E-state index in [1.54, 1.807) is 12.3 Å². The number of anilines is 1. The normalized spacial score (nSPS) is 22.5. The lowest BCUT2D eigenvalue weighted by Crippen LogP contribution is -2.35. The number of aryl methyl sites for hydroxylation is 2. The zero-order chi connectivity index (χ0) is 18.1. The average molecular weight is 370 g/mol. The van der Waals surface area contributed by atoms with Gasteiger partial charge in [-0.2, -0.15) is 0 Å². The van der Waals surface area contributed by atoms with Gasteiger partial charge in [0.15, 0.2) is 5.60 Å². The van der Waals surface area contributed by atoms with Gasteiger partial charge in [-0.25, -0.2) is 0 Å². The number of pyridine rings is 1. The Hall–Kier alpha value is -2.25. The molecule has 2 aliphatic heterocycles. The number of thiophene rings is 1. The summed E-state index contributed by atoms with van der Waals surface area (Å²) in [5, 5.41) is 6.99. The Balaban J connectivity index is 1.35. The highest BCUT2D eigenvalue weighted by Crippen LogP contribution is 2.35. The number of oxime groups is 1. The lowest BCUT2D eigenvalue weighted by Gasteiger charge is -2.21. The van der Waals surface area contributed by atoms with Gasteiger partial charge in [-0.05, 0) is 38.1 Å². The Morgan fingerprint density at radius 1 is 1.38 bits per heavy atom. The van der Waals surface area contributed by atoms with Gasteiger partial charge in [0.2, 0.25) is 0 Å². The van der Waals surface area contributed by atoms with Crippen molar-refractivity contribution in [2.24, 2.45) is 5.16 Å². The van der Waals surface area contributed by atoms with Gasteiger partial charge in [0, 0.05) is 48.4 Å². The molecule has 1 amide bonds. The number of likely N-dealkylation sites (tertiary alicyclic amines) is 1. The van der Waals surface area contributed by atoms with Crippen molar-refractivity contribution in [2.75, 3.05) is 18.4 Å². The van der Waals surface area contributed by atoms with Crippen LogP contribution in [0.25, 0.3) is 0 Å². The third-order valence-electron chi connectivity index (χ3n) is 4.93. The average Bonchev–Trinajstić information content (AvgIpc) is 3.32. The zero-order valence-electron chi connectivity index (χ0n) is 15.0. The van der Waals surface area contributed by atoms with Crippen LogP contribution in [0.4, 0.5) is 5.69 Å². The van der Waals surface area contributed by atoms with Crippen LogP contribution in [0.1, 0.15) is 28.3 Å². The molecule has 1 fully saturated rings. The topological polar surface area (TPSA) is 66.8 Å². The molecular formula is C19H22N4O2S. The van der Waals surface area contributed by atoms with Crippen molar-refractivity contribution >= 4 is 28.6 Å². The SMILES string of the molecule is Cc1ccc(CN2CC[C@]3(CC(C(=O)Nc4cccnc4C)=NO3)C2)s1. The van der Waals surface area contributed by atoms with Crippen molar-refractivity contribution in [2.45, 2.75) is 38.8 Å². The standard InChI is InChI=1S/C19H22N4O2S/c1-13-5-6-15(26-13)11-23-9-7-19(12-23)10-17(22-25-19)18(24)21-16-4-3-8-20-14(16)2/h3-6,8H,7,9-12H2,1-2H3,(H,21,24)/t19-/m0/s1. The fraction of sp³-hybridized carbons (Fsp3) is 0.421. The Morgan fingerprint density at radius 3 is 3.04 bits per heavy atom. The fourth-order valence-electron chi connectivity index (χ4n) is 3.53. The summed E-state index contributed by atoms with van der Waals surface area (Å²) in [6.07, 6.45) is 3.15. The number of amides is 1. The maximum absolute atomic E-state index is 12.5. The second kappa shape index (κ2) is 6.81. The van der Waals surface area contributed by atoms with Gasteiger partial charge in [-0.15, -0.1) is 11.3 Å². The molecule has 2 aliphatic rings. The molecule has 0 radical (unpaired) electrons. The summed E-state index contributed by atoms with van der Waals surface area (Å²) in [7, 11) is 0. The van der Waals surface area contributed by atoms with Crippen LogP contribution in [0.3, 0.4) is 0 Å². The molecule has 1 spiro atoms. The molecule has 1 atom stereocenters. The molecule has 2 aromatic heterocycles. The first kappa shape index (κ1) is 17.2. The number of rotatable bonds is 4.